The standard InChI is InChI=1S/C20H20O4/c1-3-23-18(21)13-20(19(22)24-4-2)16-11-7-5-9-14(16)15-10-6-8-12-17(15)20/h5-12H,3-4,13H2,1-2H3. The molecule has 1 aliphatic rings. The number of benzene rings is 2. The molecule has 1 aliphatic carbocycles. The van der Waals surface area contributed by atoms with Gasteiger partial charge >= 0.3 is 11.9 Å². The lowest BCUT2D eigenvalue weighted by atomic mass is 9.75. The lowest BCUT2D eigenvalue weighted by Crippen LogP contribution is -2.39. The van der Waals surface area contributed by atoms with E-state index in [4.69, 9.17) is 9.47 Å². The first-order chi connectivity index (χ1) is 11.6. The average molecular weight is 324 g/mol. The first-order valence-electron chi connectivity index (χ1n) is 8.17. The molecule has 2 aromatic rings. The summed E-state index contributed by atoms with van der Waals surface area (Å²) in [7, 11) is 0. The molecule has 24 heavy (non-hydrogen) atoms. The van der Waals surface area contributed by atoms with Crippen LogP contribution in [0.2, 0.25) is 0 Å². The summed E-state index contributed by atoms with van der Waals surface area (Å²) in [5, 5.41) is 0. The van der Waals surface area contributed by atoms with Crippen LogP contribution in [0.25, 0.3) is 11.1 Å². The Labute approximate surface area is 141 Å². The second-order valence-corrected chi connectivity index (χ2v) is 5.70. The van der Waals surface area contributed by atoms with Crippen LogP contribution in [-0.4, -0.2) is 25.2 Å². The van der Waals surface area contributed by atoms with Gasteiger partial charge in [-0.2, -0.15) is 0 Å². The molecule has 0 amide bonds. The minimum atomic E-state index is -1.14. The van der Waals surface area contributed by atoms with E-state index < -0.39 is 17.4 Å². The quantitative estimate of drug-likeness (QED) is 0.790. The molecule has 0 aromatic heterocycles. The Kier molecular flexibility index (Phi) is 4.38. The van der Waals surface area contributed by atoms with Gasteiger partial charge in [0.2, 0.25) is 0 Å². The van der Waals surface area contributed by atoms with Gasteiger partial charge in [-0.25, -0.2) is 0 Å². The number of fused-ring (bicyclic) bond motifs is 3. The van der Waals surface area contributed by atoms with Crippen LogP contribution in [0.3, 0.4) is 0 Å². The first-order valence-corrected chi connectivity index (χ1v) is 8.17. The van der Waals surface area contributed by atoms with Crippen molar-refractivity contribution in [1.82, 2.24) is 0 Å². The van der Waals surface area contributed by atoms with Crippen molar-refractivity contribution in [2.75, 3.05) is 13.2 Å². The van der Waals surface area contributed by atoms with Crippen molar-refractivity contribution >= 4 is 11.9 Å². The molecule has 124 valence electrons. The molecule has 0 spiro atoms. The van der Waals surface area contributed by atoms with Gasteiger partial charge in [0, 0.05) is 0 Å². The van der Waals surface area contributed by atoms with Crippen LogP contribution in [0.4, 0.5) is 0 Å². The lowest BCUT2D eigenvalue weighted by Gasteiger charge is -2.28. The topological polar surface area (TPSA) is 52.6 Å². The zero-order chi connectivity index (χ0) is 17.2. The Morgan fingerprint density at radius 1 is 0.833 bits per heavy atom. The van der Waals surface area contributed by atoms with Crippen molar-refractivity contribution in [2.24, 2.45) is 0 Å². The third-order valence-electron chi connectivity index (χ3n) is 4.40. The summed E-state index contributed by atoms with van der Waals surface area (Å²) >= 11 is 0. The Morgan fingerprint density at radius 2 is 1.33 bits per heavy atom. The summed E-state index contributed by atoms with van der Waals surface area (Å²) < 4.78 is 10.5. The van der Waals surface area contributed by atoms with Crippen LogP contribution in [0.1, 0.15) is 31.4 Å². The molecule has 4 heteroatoms. The molecule has 0 bridgehead atoms. The number of esters is 2. The van der Waals surface area contributed by atoms with E-state index in [9.17, 15) is 9.59 Å². The molecule has 4 nitrogen and oxygen atoms in total. The van der Waals surface area contributed by atoms with Crippen LogP contribution in [-0.2, 0) is 24.5 Å². The maximum Gasteiger partial charge on any atom is 0.321 e. The van der Waals surface area contributed by atoms with Crippen molar-refractivity contribution in [1.29, 1.82) is 0 Å². The van der Waals surface area contributed by atoms with Crippen LogP contribution in [0, 0.1) is 0 Å². The van der Waals surface area contributed by atoms with Crippen molar-refractivity contribution in [2.45, 2.75) is 25.7 Å². The summed E-state index contributed by atoms with van der Waals surface area (Å²) in [6.45, 7) is 4.06. The fourth-order valence-electron chi connectivity index (χ4n) is 3.49. The third-order valence-corrected chi connectivity index (χ3v) is 4.40. The van der Waals surface area contributed by atoms with Gasteiger partial charge in [0.05, 0.1) is 19.6 Å². The van der Waals surface area contributed by atoms with Crippen molar-refractivity contribution in [3.05, 3.63) is 59.7 Å². The second kappa shape index (κ2) is 6.48. The molecule has 0 unspecified atom stereocenters. The number of hydrogen-bond donors (Lipinski definition) is 0. The van der Waals surface area contributed by atoms with Crippen LogP contribution in [0.5, 0.6) is 0 Å². The summed E-state index contributed by atoms with van der Waals surface area (Å²) in [4.78, 5) is 25.3. The first kappa shape index (κ1) is 16.2. The third kappa shape index (κ3) is 2.39. The predicted octanol–water partition coefficient (Wildman–Crippen LogP) is 3.47. The van der Waals surface area contributed by atoms with Crippen molar-refractivity contribution in [3.63, 3.8) is 0 Å². The van der Waals surface area contributed by atoms with E-state index in [-0.39, 0.29) is 19.6 Å². The van der Waals surface area contributed by atoms with Gasteiger partial charge in [-0.3, -0.25) is 9.59 Å². The maximum atomic E-state index is 13.0. The largest absolute Gasteiger partial charge is 0.466 e. The van der Waals surface area contributed by atoms with E-state index in [0.717, 1.165) is 22.3 Å². The van der Waals surface area contributed by atoms with Gasteiger partial charge in [-0.1, -0.05) is 48.5 Å². The van der Waals surface area contributed by atoms with E-state index in [0.29, 0.717) is 0 Å². The van der Waals surface area contributed by atoms with Crippen LogP contribution >= 0.6 is 0 Å². The minimum Gasteiger partial charge on any atom is -0.466 e. The molecule has 0 saturated heterocycles. The van der Waals surface area contributed by atoms with Gasteiger partial charge in [0.15, 0.2) is 0 Å². The highest BCUT2D eigenvalue weighted by Gasteiger charge is 2.51. The molecule has 0 radical (unpaired) electrons. The molecule has 3 rings (SSSR count). The molecule has 0 N–H and O–H groups in total. The van der Waals surface area contributed by atoms with Gasteiger partial charge in [-0.05, 0) is 36.1 Å². The molecule has 0 aliphatic heterocycles. The predicted molar refractivity (Wildman–Crippen MR) is 90.5 cm³/mol. The van der Waals surface area contributed by atoms with Crippen molar-refractivity contribution in [3.8, 4) is 11.1 Å². The van der Waals surface area contributed by atoms with E-state index in [1.807, 2.05) is 48.5 Å². The number of rotatable bonds is 5. The highest BCUT2D eigenvalue weighted by Crippen LogP contribution is 2.51. The normalized spacial score (nSPS) is 13.8. The molecule has 0 heterocycles. The SMILES string of the molecule is CCOC(=O)CC1(C(=O)OCC)c2ccccc2-c2ccccc21. The molecule has 0 fully saturated rings. The summed E-state index contributed by atoms with van der Waals surface area (Å²) in [5.41, 5.74) is 2.39. The highest BCUT2D eigenvalue weighted by molar-refractivity contribution is 6.00. The van der Waals surface area contributed by atoms with E-state index >= 15 is 0 Å². The van der Waals surface area contributed by atoms with Gasteiger partial charge in [-0.15, -0.1) is 0 Å². The summed E-state index contributed by atoms with van der Waals surface area (Å²) in [6.07, 6.45) is -0.0618. The molecular formula is C20H20O4. The number of carbonyl (C=O) groups excluding carboxylic acids is 2. The van der Waals surface area contributed by atoms with Gasteiger partial charge in [0.25, 0.3) is 0 Å². The monoisotopic (exact) mass is 324 g/mol. The van der Waals surface area contributed by atoms with E-state index in [1.54, 1.807) is 13.8 Å². The fourth-order valence-corrected chi connectivity index (χ4v) is 3.49. The zero-order valence-corrected chi connectivity index (χ0v) is 13.9. The lowest BCUT2D eigenvalue weighted by molar-refractivity contribution is -0.155. The summed E-state index contributed by atoms with van der Waals surface area (Å²) in [6, 6.07) is 15.4. The maximum absolute atomic E-state index is 13.0. The minimum absolute atomic E-state index is 0.0618. The average Bonchev–Trinajstić information content (AvgIpc) is 2.87. The molecule has 0 atom stereocenters. The molecule has 0 saturated carbocycles. The molecule has 2 aromatic carbocycles. The number of ether oxygens (including phenoxy) is 2. The smallest absolute Gasteiger partial charge is 0.321 e. The molecular weight excluding hydrogens is 304 g/mol. The number of hydrogen-bond acceptors (Lipinski definition) is 4. The number of carbonyl (C=O) groups is 2. The van der Waals surface area contributed by atoms with Crippen molar-refractivity contribution < 1.29 is 19.1 Å². The fraction of sp³-hybridized carbons (Fsp3) is 0.300. The zero-order valence-electron chi connectivity index (χ0n) is 13.9. The second-order valence-electron chi connectivity index (χ2n) is 5.70. The Balaban J connectivity index is 2.23. The Bertz CT molecular complexity index is 733. The van der Waals surface area contributed by atoms with E-state index in [1.165, 1.54) is 0 Å². The van der Waals surface area contributed by atoms with Crippen LogP contribution < -0.4 is 0 Å². The Morgan fingerprint density at radius 3 is 1.83 bits per heavy atom. The van der Waals surface area contributed by atoms with Gasteiger partial charge in [0.1, 0.15) is 5.41 Å². The van der Waals surface area contributed by atoms with E-state index in [2.05, 4.69) is 0 Å². The Hall–Kier alpha value is -2.62. The van der Waals surface area contributed by atoms with Gasteiger partial charge < -0.3 is 9.47 Å². The summed E-state index contributed by atoms with van der Waals surface area (Å²) in [5.74, 6) is -0.812. The van der Waals surface area contributed by atoms with Crippen LogP contribution in [0.15, 0.2) is 48.5 Å². The highest BCUT2D eigenvalue weighted by atomic mass is 16.5.